The van der Waals surface area contributed by atoms with Crippen molar-refractivity contribution in [3.05, 3.63) is 94.3 Å². The van der Waals surface area contributed by atoms with Crippen molar-refractivity contribution >= 4 is 17.1 Å². The fourth-order valence-electron chi connectivity index (χ4n) is 2.83. The summed E-state index contributed by atoms with van der Waals surface area (Å²) >= 11 is 1.34. The lowest BCUT2D eigenvalue weighted by atomic mass is 10.0. The van der Waals surface area contributed by atoms with Crippen molar-refractivity contribution in [1.82, 2.24) is 9.78 Å². The lowest BCUT2D eigenvalue weighted by Crippen LogP contribution is -2.03. The third kappa shape index (κ3) is 2.73. The highest BCUT2D eigenvalue weighted by molar-refractivity contribution is 7.12. The standard InChI is InChI=1S/C21H13N3OS/c22-14-17-19(21(25)18-12-7-13-26-18)23-24(16-10-5-2-6-11-16)20(17)15-8-3-1-4-9-15/h1-13H. The zero-order valence-corrected chi connectivity index (χ0v) is 14.5. The van der Waals surface area contributed by atoms with Crippen LogP contribution in [0, 0.1) is 11.3 Å². The summed E-state index contributed by atoms with van der Waals surface area (Å²) in [5.41, 5.74) is 2.73. The van der Waals surface area contributed by atoms with Gasteiger partial charge in [0, 0.05) is 5.56 Å². The average molecular weight is 355 g/mol. The first kappa shape index (κ1) is 16.0. The van der Waals surface area contributed by atoms with E-state index in [0.29, 0.717) is 16.1 Å². The van der Waals surface area contributed by atoms with Gasteiger partial charge in [-0.1, -0.05) is 54.6 Å². The molecule has 0 saturated carbocycles. The molecule has 4 rings (SSSR count). The van der Waals surface area contributed by atoms with Crippen LogP contribution < -0.4 is 0 Å². The summed E-state index contributed by atoms with van der Waals surface area (Å²) in [6.45, 7) is 0. The number of thiophene rings is 1. The summed E-state index contributed by atoms with van der Waals surface area (Å²) in [5, 5.41) is 16.2. The molecule has 2 aromatic heterocycles. The smallest absolute Gasteiger partial charge is 0.224 e. The summed E-state index contributed by atoms with van der Waals surface area (Å²) in [6.07, 6.45) is 0. The maximum Gasteiger partial charge on any atom is 0.224 e. The number of carbonyl (C=O) groups is 1. The zero-order chi connectivity index (χ0) is 17.9. The monoisotopic (exact) mass is 355 g/mol. The molecule has 4 aromatic rings. The highest BCUT2D eigenvalue weighted by atomic mass is 32.1. The topological polar surface area (TPSA) is 58.7 Å². The van der Waals surface area contributed by atoms with E-state index in [0.717, 1.165) is 11.3 Å². The number of benzene rings is 2. The Morgan fingerprint density at radius 1 is 0.962 bits per heavy atom. The minimum atomic E-state index is -0.233. The third-order valence-electron chi connectivity index (χ3n) is 4.01. The number of ketones is 1. The van der Waals surface area contributed by atoms with E-state index in [2.05, 4.69) is 11.2 Å². The van der Waals surface area contributed by atoms with E-state index in [1.165, 1.54) is 11.3 Å². The number of para-hydroxylation sites is 1. The normalized spacial score (nSPS) is 10.4. The summed E-state index contributed by atoms with van der Waals surface area (Å²) in [7, 11) is 0. The number of aromatic nitrogens is 2. The van der Waals surface area contributed by atoms with Gasteiger partial charge in [-0.05, 0) is 23.6 Å². The van der Waals surface area contributed by atoms with Crippen molar-refractivity contribution in [2.24, 2.45) is 0 Å². The maximum atomic E-state index is 12.9. The number of carbonyl (C=O) groups excluding carboxylic acids is 1. The van der Waals surface area contributed by atoms with Crippen molar-refractivity contribution in [3.8, 4) is 23.0 Å². The van der Waals surface area contributed by atoms with Crippen LogP contribution in [0.4, 0.5) is 0 Å². The second-order valence-electron chi connectivity index (χ2n) is 5.60. The molecule has 0 amide bonds. The summed E-state index contributed by atoms with van der Waals surface area (Å²) in [5.74, 6) is -0.233. The van der Waals surface area contributed by atoms with E-state index < -0.39 is 0 Å². The first-order valence-corrected chi connectivity index (χ1v) is 8.89. The molecule has 0 atom stereocenters. The van der Waals surface area contributed by atoms with Crippen molar-refractivity contribution in [1.29, 1.82) is 5.26 Å². The zero-order valence-electron chi connectivity index (χ0n) is 13.7. The van der Waals surface area contributed by atoms with Gasteiger partial charge in [-0.2, -0.15) is 10.4 Å². The van der Waals surface area contributed by atoms with Crippen LogP contribution in [-0.2, 0) is 0 Å². The van der Waals surface area contributed by atoms with Crippen LogP contribution in [0.5, 0.6) is 0 Å². The van der Waals surface area contributed by atoms with Gasteiger partial charge < -0.3 is 0 Å². The highest BCUT2D eigenvalue weighted by Gasteiger charge is 2.26. The molecule has 0 N–H and O–H groups in total. The Labute approximate surface area is 154 Å². The maximum absolute atomic E-state index is 12.9. The first-order chi connectivity index (χ1) is 12.8. The average Bonchev–Trinajstić information content (AvgIpc) is 3.36. The Kier molecular flexibility index (Phi) is 4.18. The molecule has 0 aliphatic rings. The summed E-state index contributed by atoms with van der Waals surface area (Å²) in [6, 6.07) is 24.8. The number of hydrogen-bond acceptors (Lipinski definition) is 4. The van der Waals surface area contributed by atoms with Crippen molar-refractivity contribution in [3.63, 3.8) is 0 Å². The molecule has 0 spiro atoms. The molecular weight excluding hydrogens is 342 g/mol. The van der Waals surface area contributed by atoms with Crippen LogP contribution in [0.3, 0.4) is 0 Å². The van der Waals surface area contributed by atoms with Crippen LogP contribution >= 0.6 is 11.3 Å². The second kappa shape index (κ2) is 6.79. The van der Waals surface area contributed by atoms with Gasteiger partial charge in [0.25, 0.3) is 0 Å². The van der Waals surface area contributed by atoms with Gasteiger partial charge in [-0.15, -0.1) is 11.3 Å². The van der Waals surface area contributed by atoms with Gasteiger partial charge >= 0.3 is 0 Å². The number of rotatable bonds is 4. The van der Waals surface area contributed by atoms with Crippen LogP contribution in [0.15, 0.2) is 78.2 Å². The Morgan fingerprint density at radius 3 is 2.27 bits per heavy atom. The van der Waals surface area contributed by atoms with Gasteiger partial charge in [0.15, 0.2) is 5.69 Å². The fraction of sp³-hybridized carbons (Fsp3) is 0. The van der Waals surface area contributed by atoms with Crippen molar-refractivity contribution < 1.29 is 4.79 Å². The molecule has 0 saturated heterocycles. The number of hydrogen-bond donors (Lipinski definition) is 0. The largest absolute Gasteiger partial charge is 0.286 e. The van der Waals surface area contributed by atoms with Crippen molar-refractivity contribution in [2.75, 3.05) is 0 Å². The molecule has 0 aliphatic heterocycles. The molecule has 26 heavy (non-hydrogen) atoms. The molecule has 2 heterocycles. The molecular formula is C21H13N3OS. The quantitative estimate of drug-likeness (QED) is 0.498. The molecule has 0 unspecified atom stereocenters. The Bertz CT molecular complexity index is 1090. The SMILES string of the molecule is N#Cc1c(C(=O)c2cccs2)nn(-c2ccccc2)c1-c1ccccc1. The predicted octanol–water partition coefficient (Wildman–Crippen LogP) is 4.70. The molecule has 4 nitrogen and oxygen atoms in total. The van der Waals surface area contributed by atoms with Gasteiger partial charge in [0.2, 0.25) is 5.78 Å². The minimum Gasteiger partial charge on any atom is -0.286 e. The third-order valence-corrected chi connectivity index (χ3v) is 4.87. The second-order valence-corrected chi connectivity index (χ2v) is 6.55. The summed E-state index contributed by atoms with van der Waals surface area (Å²) < 4.78 is 1.68. The fourth-order valence-corrected chi connectivity index (χ4v) is 3.49. The van der Waals surface area contributed by atoms with Gasteiger partial charge in [0.1, 0.15) is 11.6 Å². The van der Waals surface area contributed by atoms with Crippen LogP contribution in [0.2, 0.25) is 0 Å². The van der Waals surface area contributed by atoms with Crippen molar-refractivity contribution in [2.45, 2.75) is 0 Å². The van der Waals surface area contributed by atoms with E-state index in [1.807, 2.05) is 72.1 Å². The molecule has 2 aromatic carbocycles. The molecule has 0 bridgehead atoms. The first-order valence-electron chi connectivity index (χ1n) is 8.02. The molecule has 0 aliphatic carbocycles. The van der Waals surface area contributed by atoms with E-state index in [9.17, 15) is 10.1 Å². The molecule has 124 valence electrons. The van der Waals surface area contributed by atoms with Crippen LogP contribution in [-0.4, -0.2) is 15.6 Å². The van der Waals surface area contributed by atoms with Gasteiger partial charge in [-0.3, -0.25) is 4.79 Å². The van der Waals surface area contributed by atoms with Gasteiger partial charge in [0.05, 0.1) is 16.3 Å². The van der Waals surface area contributed by atoms with E-state index >= 15 is 0 Å². The van der Waals surface area contributed by atoms with E-state index in [-0.39, 0.29) is 11.5 Å². The highest BCUT2D eigenvalue weighted by Crippen LogP contribution is 2.30. The van der Waals surface area contributed by atoms with E-state index in [4.69, 9.17) is 0 Å². The minimum absolute atomic E-state index is 0.178. The molecule has 5 heteroatoms. The van der Waals surface area contributed by atoms with Crippen LogP contribution in [0.25, 0.3) is 16.9 Å². The lowest BCUT2D eigenvalue weighted by Gasteiger charge is -2.07. The lowest BCUT2D eigenvalue weighted by molar-refractivity contribution is 0.103. The summed E-state index contributed by atoms with van der Waals surface area (Å²) in [4.78, 5) is 13.5. The Hall–Kier alpha value is -3.49. The number of nitrogens with zero attached hydrogens (tertiary/aromatic N) is 3. The van der Waals surface area contributed by atoms with Gasteiger partial charge in [-0.25, -0.2) is 4.68 Å². The predicted molar refractivity (Wildman–Crippen MR) is 101 cm³/mol. The molecule has 0 fully saturated rings. The number of nitriles is 1. The Morgan fingerprint density at radius 2 is 1.65 bits per heavy atom. The van der Waals surface area contributed by atoms with E-state index in [1.54, 1.807) is 10.7 Å². The molecule has 0 radical (unpaired) electrons. The Balaban J connectivity index is 1.99. The van der Waals surface area contributed by atoms with Crippen LogP contribution in [0.1, 0.15) is 20.9 Å².